The minimum Gasteiger partial charge on any atom is -0.387 e. The van der Waals surface area contributed by atoms with E-state index in [-0.39, 0.29) is 18.5 Å². The first-order valence-electron chi connectivity index (χ1n) is 10.9. The number of nitrogens with zero attached hydrogens (tertiary/aromatic N) is 5. The van der Waals surface area contributed by atoms with Gasteiger partial charge in [-0.25, -0.2) is 4.68 Å². The molecule has 4 atom stereocenters. The van der Waals surface area contributed by atoms with Crippen molar-refractivity contribution < 1.29 is 24.3 Å². The minimum absolute atomic E-state index is 0.0284. The van der Waals surface area contributed by atoms with E-state index < -0.39 is 31.7 Å². The second-order valence-corrected chi connectivity index (χ2v) is 12.8. The molecule has 3 aromatic rings. The van der Waals surface area contributed by atoms with E-state index in [2.05, 4.69) is 15.1 Å². The average molecular weight is 510 g/mol. The van der Waals surface area contributed by atoms with Crippen molar-refractivity contribution >= 4 is 35.6 Å². The maximum atomic E-state index is 11.8. The number of fused-ring (bicyclic) bond motifs is 1. The molecule has 0 saturated carbocycles. The average Bonchev–Trinajstić information content (AvgIpc) is 3.32. The predicted octanol–water partition coefficient (Wildman–Crippen LogP) is 2.37. The molecule has 0 aliphatic carbocycles. The molecule has 0 bridgehead atoms. The summed E-state index contributed by atoms with van der Waals surface area (Å²) in [5.74, 6) is 0.585. The third-order valence-corrected chi connectivity index (χ3v) is 7.09. The van der Waals surface area contributed by atoms with Gasteiger partial charge in [0, 0.05) is 19.8 Å². The summed E-state index contributed by atoms with van der Waals surface area (Å²) in [6.45, 7) is 4.31. The summed E-state index contributed by atoms with van der Waals surface area (Å²) in [5.41, 5.74) is 1.48. The molecule has 0 unspecified atom stereocenters. The molecule has 1 aliphatic rings. The highest BCUT2D eigenvalue weighted by Gasteiger charge is 2.45. The fourth-order valence-corrected chi connectivity index (χ4v) is 4.58. The Morgan fingerprint density at radius 3 is 2.65 bits per heavy atom. The number of anilines is 1. The van der Waals surface area contributed by atoms with Gasteiger partial charge in [-0.3, -0.25) is 0 Å². The van der Waals surface area contributed by atoms with Crippen LogP contribution in [0.5, 0.6) is 0 Å². The largest absolute Gasteiger partial charge is 0.387 e. The zero-order valence-electron chi connectivity index (χ0n) is 19.3. The van der Waals surface area contributed by atoms with Gasteiger partial charge in [0.1, 0.15) is 24.1 Å². The molecular weight excluding hydrogens is 481 g/mol. The lowest BCUT2D eigenvalue weighted by molar-refractivity contribution is -0.0680. The van der Waals surface area contributed by atoms with Crippen molar-refractivity contribution in [3.63, 3.8) is 0 Å². The summed E-state index contributed by atoms with van der Waals surface area (Å²) < 4.78 is 24.7. The molecule has 2 N–H and O–H groups in total. The molecule has 1 saturated heterocycles. The first-order chi connectivity index (χ1) is 16.1. The predicted molar refractivity (Wildman–Crippen MR) is 130 cm³/mol. The van der Waals surface area contributed by atoms with E-state index in [4.69, 9.17) is 21.1 Å². The molecule has 10 nitrogen and oxygen atoms in total. The van der Waals surface area contributed by atoms with Gasteiger partial charge in [0.15, 0.2) is 11.9 Å². The number of rotatable bonds is 9. The van der Waals surface area contributed by atoms with Crippen LogP contribution in [0.15, 0.2) is 36.5 Å². The molecule has 0 radical (unpaired) electrons. The van der Waals surface area contributed by atoms with Gasteiger partial charge in [-0.05, 0) is 30.5 Å². The van der Waals surface area contributed by atoms with E-state index in [1.54, 1.807) is 19.5 Å². The number of benzene rings is 1. The van der Waals surface area contributed by atoms with Crippen molar-refractivity contribution in [1.29, 1.82) is 0 Å². The third-order valence-electron chi connectivity index (χ3n) is 5.67. The molecule has 12 heteroatoms. The zero-order valence-corrected chi connectivity index (χ0v) is 20.9. The van der Waals surface area contributed by atoms with Gasteiger partial charge in [0.25, 0.3) is 0 Å². The van der Waals surface area contributed by atoms with Crippen LogP contribution in [-0.4, -0.2) is 88.0 Å². The summed E-state index contributed by atoms with van der Waals surface area (Å²) in [7, 11) is -0.301. The summed E-state index contributed by atoms with van der Waals surface area (Å²) in [6.07, 6.45) is -2.17. The second kappa shape index (κ2) is 10.3. The van der Waals surface area contributed by atoms with Gasteiger partial charge in [0.05, 0.1) is 31.9 Å². The van der Waals surface area contributed by atoms with Crippen LogP contribution in [-0.2, 0) is 20.6 Å². The van der Waals surface area contributed by atoms with E-state index in [0.29, 0.717) is 29.6 Å². The van der Waals surface area contributed by atoms with Gasteiger partial charge in [-0.2, -0.15) is 15.1 Å². The van der Waals surface area contributed by atoms with Gasteiger partial charge in [0.2, 0.25) is 5.28 Å². The Labute approximate surface area is 202 Å². The SMILES string of the molecule is CN(Cc1ccccc1)c1nc(Cl)nc2c1cnn2[C@H]1O[C@H](COCCP(C)(C)=O)[C@@H](O)[C@H]1O. The number of aromatic nitrogens is 4. The molecule has 2 aromatic heterocycles. The fourth-order valence-electron chi connectivity index (χ4n) is 3.85. The third kappa shape index (κ3) is 5.59. The smallest absolute Gasteiger partial charge is 0.226 e. The number of hydrogen-bond acceptors (Lipinski definition) is 9. The van der Waals surface area contributed by atoms with E-state index in [9.17, 15) is 14.8 Å². The molecule has 0 amide bonds. The monoisotopic (exact) mass is 509 g/mol. The topological polar surface area (TPSA) is 123 Å². The molecule has 4 rings (SSSR count). The van der Waals surface area contributed by atoms with Crippen LogP contribution in [0, 0.1) is 0 Å². The fraction of sp³-hybridized carbons (Fsp3) is 0.500. The van der Waals surface area contributed by atoms with E-state index in [0.717, 1.165) is 5.56 Å². The highest BCUT2D eigenvalue weighted by molar-refractivity contribution is 7.62. The molecule has 0 spiro atoms. The van der Waals surface area contributed by atoms with Crippen molar-refractivity contribution in [3.8, 4) is 0 Å². The Kier molecular flexibility index (Phi) is 7.57. The molecule has 1 fully saturated rings. The summed E-state index contributed by atoms with van der Waals surface area (Å²) in [6, 6.07) is 9.94. The van der Waals surface area contributed by atoms with Gasteiger partial charge in [-0.1, -0.05) is 30.3 Å². The van der Waals surface area contributed by atoms with Crippen LogP contribution < -0.4 is 4.90 Å². The highest BCUT2D eigenvalue weighted by Crippen LogP contribution is 2.36. The molecule has 184 valence electrons. The molecule has 1 aliphatic heterocycles. The highest BCUT2D eigenvalue weighted by atomic mass is 35.5. The maximum Gasteiger partial charge on any atom is 0.226 e. The number of hydrogen-bond donors (Lipinski definition) is 2. The van der Waals surface area contributed by atoms with Crippen molar-refractivity contribution in [3.05, 3.63) is 47.4 Å². The van der Waals surface area contributed by atoms with E-state index >= 15 is 0 Å². The van der Waals surface area contributed by atoms with Crippen molar-refractivity contribution in [1.82, 2.24) is 19.7 Å². The van der Waals surface area contributed by atoms with Crippen LogP contribution in [0.3, 0.4) is 0 Å². The zero-order chi connectivity index (χ0) is 24.5. The summed E-state index contributed by atoms with van der Waals surface area (Å²) in [5, 5.41) is 26.2. The Morgan fingerprint density at radius 1 is 1.21 bits per heavy atom. The van der Waals surface area contributed by atoms with Gasteiger partial charge >= 0.3 is 0 Å². The van der Waals surface area contributed by atoms with Crippen LogP contribution in [0.2, 0.25) is 5.28 Å². The van der Waals surface area contributed by atoms with Crippen LogP contribution in [0.4, 0.5) is 5.82 Å². The number of halogens is 1. The van der Waals surface area contributed by atoms with Crippen LogP contribution in [0.25, 0.3) is 11.0 Å². The molecule has 34 heavy (non-hydrogen) atoms. The lowest BCUT2D eigenvalue weighted by atomic mass is 10.1. The standard InChI is InChI=1S/C22H29ClN5O5P/c1-27(12-14-7-5-4-6-8-14)19-15-11-24-28(20(15)26-22(23)25-19)21-18(30)17(29)16(33-21)13-32-9-10-34(2,3)31/h4-8,11,16-18,21,29-30H,9-10,12-13H2,1-3H3/t16-,17-,18-,21+/m1/s1. The van der Waals surface area contributed by atoms with Crippen LogP contribution >= 0.6 is 18.7 Å². The molecular formula is C22H29ClN5O5P. The first-order valence-corrected chi connectivity index (χ1v) is 14.1. The molecule has 1 aromatic carbocycles. The normalized spacial score (nSPS) is 23.0. The summed E-state index contributed by atoms with van der Waals surface area (Å²) >= 11 is 6.24. The Hall–Kier alpha value is -2.07. The first kappa shape index (κ1) is 25.0. The number of ether oxygens (including phenoxy) is 2. The van der Waals surface area contributed by atoms with Gasteiger partial charge in [-0.15, -0.1) is 0 Å². The van der Waals surface area contributed by atoms with Crippen LogP contribution in [0.1, 0.15) is 11.8 Å². The maximum absolute atomic E-state index is 11.8. The second-order valence-electron chi connectivity index (χ2n) is 8.90. The molecule has 3 heterocycles. The Bertz CT molecular complexity index is 1170. The Morgan fingerprint density at radius 2 is 1.94 bits per heavy atom. The lowest BCUT2D eigenvalue weighted by Gasteiger charge is -2.20. The summed E-state index contributed by atoms with van der Waals surface area (Å²) in [4.78, 5) is 10.6. The quantitative estimate of drug-likeness (QED) is 0.254. The number of aliphatic hydroxyl groups is 2. The van der Waals surface area contributed by atoms with E-state index in [1.807, 2.05) is 42.3 Å². The van der Waals surface area contributed by atoms with Crippen molar-refractivity contribution in [2.45, 2.75) is 31.1 Å². The minimum atomic E-state index is -2.20. The van der Waals surface area contributed by atoms with E-state index in [1.165, 1.54) is 4.68 Å². The Balaban J connectivity index is 1.53. The van der Waals surface area contributed by atoms with Crippen molar-refractivity contribution in [2.75, 3.05) is 44.7 Å². The van der Waals surface area contributed by atoms with Gasteiger partial charge < -0.3 is 29.2 Å². The number of aliphatic hydroxyl groups excluding tert-OH is 2. The van der Waals surface area contributed by atoms with Crippen molar-refractivity contribution in [2.24, 2.45) is 0 Å². The lowest BCUT2D eigenvalue weighted by Crippen LogP contribution is -2.34.